The molecule has 0 aliphatic heterocycles. The van der Waals surface area contributed by atoms with Crippen LogP contribution in [0.4, 0.5) is 5.69 Å². The number of rotatable bonds is 6. The first-order valence-electron chi connectivity index (χ1n) is 8.44. The molecule has 1 aromatic carbocycles. The molecule has 0 bridgehead atoms. The molecule has 0 amide bonds. The van der Waals surface area contributed by atoms with Crippen LogP contribution in [-0.2, 0) is 4.79 Å². The summed E-state index contributed by atoms with van der Waals surface area (Å²) in [5.41, 5.74) is 0.973. The first-order chi connectivity index (χ1) is 10.8. The van der Waals surface area contributed by atoms with Gasteiger partial charge in [0.15, 0.2) is 0 Å². The Kier molecular flexibility index (Phi) is 5.51. The van der Waals surface area contributed by atoms with E-state index in [4.69, 9.17) is 4.74 Å². The summed E-state index contributed by atoms with van der Waals surface area (Å²) in [7, 11) is 1.66. The van der Waals surface area contributed by atoms with Crippen LogP contribution < -0.4 is 10.1 Å². The second kappa shape index (κ2) is 7.20. The fourth-order valence-corrected chi connectivity index (χ4v) is 3.77. The zero-order valence-corrected chi connectivity index (χ0v) is 14.9. The SMILES string of the molecule is COc1ccccc1NC(C)CC(=O)C1C(C)C=CCC1(C)C. The Morgan fingerprint density at radius 1 is 1.39 bits per heavy atom. The first kappa shape index (κ1) is 17.6. The Labute approximate surface area is 140 Å². The van der Waals surface area contributed by atoms with Gasteiger partial charge in [0.25, 0.3) is 0 Å². The molecule has 2 rings (SSSR count). The predicted molar refractivity (Wildman–Crippen MR) is 95.9 cm³/mol. The van der Waals surface area contributed by atoms with Crippen LogP contribution in [-0.4, -0.2) is 18.9 Å². The van der Waals surface area contributed by atoms with E-state index < -0.39 is 0 Å². The van der Waals surface area contributed by atoms with E-state index in [2.05, 4.69) is 45.2 Å². The van der Waals surface area contributed by atoms with Gasteiger partial charge < -0.3 is 10.1 Å². The summed E-state index contributed by atoms with van der Waals surface area (Å²) in [4.78, 5) is 12.9. The van der Waals surface area contributed by atoms with Crippen molar-refractivity contribution in [2.75, 3.05) is 12.4 Å². The number of ether oxygens (including phenoxy) is 1. The number of para-hydroxylation sites is 2. The van der Waals surface area contributed by atoms with E-state index in [1.165, 1.54) is 0 Å². The van der Waals surface area contributed by atoms with Crippen LogP contribution in [0.3, 0.4) is 0 Å². The number of allylic oxidation sites excluding steroid dienone is 2. The molecule has 1 aromatic rings. The largest absolute Gasteiger partial charge is 0.495 e. The number of ketones is 1. The Balaban J connectivity index is 2.03. The van der Waals surface area contributed by atoms with Gasteiger partial charge in [0.05, 0.1) is 12.8 Å². The highest BCUT2D eigenvalue weighted by atomic mass is 16.5. The maximum Gasteiger partial charge on any atom is 0.141 e. The second-order valence-electron chi connectivity index (χ2n) is 7.37. The lowest BCUT2D eigenvalue weighted by molar-refractivity contribution is -0.128. The fraction of sp³-hybridized carbons (Fsp3) is 0.550. The van der Waals surface area contributed by atoms with E-state index in [0.29, 0.717) is 18.1 Å². The van der Waals surface area contributed by atoms with Crippen molar-refractivity contribution in [3.05, 3.63) is 36.4 Å². The van der Waals surface area contributed by atoms with Crippen molar-refractivity contribution in [2.24, 2.45) is 17.3 Å². The van der Waals surface area contributed by atoms with Gasteiger partial charge in [0, 0.05) is 18.4 Å². The molecule has 0 aromatic heterocycles. The number of nitrogens with one attached hydrogen (secondary N) is 1. The third kappa shape index (κ3) is 4.15. The molecule has 0 fully saturated rings. The van der Waals surface area contributed by atoms with Gasteiger partial charge in [-0.25, -0.2) is 0 Å². The van der Waals surface area contributed by atoms with Crippen molar-refractivity contribution < 1.29 is 9.53 Å². The molecule has 1 N–H and O–H groups in total. The number of carbonyl (C=O) groups excluding carboxylic acids is 1. The zero-order chi connectivity index (χ0) is 17.0. The maximum absolute atomic E-state index is 12.9. The average Bonchev–Trinajstić information content (AvgIpc) is 2.46. The summed E-state index contributed by atoms with van der Waals surface area (Å²) in [6.07, 6.45) is 5.91. The predicted octanol–water partition coefficient (Wildman–Crippen LogP) is 4.69. The highest BCUT2D eigenvalue weighted by Gasteiger charge is 2.39. The van der Waals surface area contributed by atoms with E-state index in [1.54, 1.807) is 7.11 Å². The van der Waals surface area contributed by atoms with Crippen LogP contribution in [0.5, 0.6) is 5.75 Å². The monoisotopic (exact) mass is 315 g/mol. The highest BCUT2D eigenvalue weighted by Crippen LogP contribution is 2.41. The van der Waals surface area contributed by atoms with Crippen LogP contribution in [0.25, 0.3) is 0 Å². The number of hydrogen-bond acceptors (Lipinski definition) is 3. The number of hydrogen-bond donors (Lipinski definition) is 1. The maximum atomic E-state index is 12.9. The van der Waals surface area contributed by atoms with E-state index >= 15 is 0 Å². The third-order valence-electron chi connectivity index (χ3n) is 4.81. The van der Waals surface area contributed by atoms with Crippen LogP contribution >= 0.6 is 0 Å². The molecule has 1 aliphatic carbocycles. The lowest BCUT2D eigenvalue weighted by Gasteiger charge is -2.39. The molecule has 3 unspecified atom stereocenters. The molecular formula is C20H29NO2. The number of carbonyl (C=O) groups is 1. The van der Waals surface area contributed by atoms with Gasteiger partial charge in [-0.15, -0.1) is 0 Å². The normalized spacial score (nSPS) is 24.0. The van der Waals surface area contributed by atoms with Crippen LogP contribution in [0.1, 0.15) is 40.5 Å². The Morgan fingerprint density at radius 2 is 2.09 bits per heavy atom. The minimum atomic E-state index is 0.0371. The van der Waals surface area contributed by atoms with Crippen molar-refractivity contribution >= 4 is 11.5 Å². The van der Waals surface area contributed by atoms with Gasteiger partial charge in [0.2, 0.25) is 0 Å². The summed E-state index contributed by atoms with van der Waals surface area (Å²) in [5.74, 6) is 1.56. The first-order valence-corrected chi connectivity index (χ1v) is 8.44. The molecule has 23 heavy (non-hydrogen) atoms. The Bertz CT molecular complexity index is 577. The van der Waals surface area contributed by atoms with Crippen LogP contribution in [0.2, 0.25) is 0 Å². The summed E-state index contributed by atoms with van der Waals surface area (Å²) in [5, 5.41) is 3.41. The number of benzene rings is 1. The average molecular weight is 315 g/mol. The highest BCUT2D eigenvalue weighted by molar-refractivity contribution is 5.83. The molecule has 126 valence electrons. The topological polar surface area (TPSA) is 38.3 Å². The van der Waals surface area contributed by atoms with Crippen molar-refractivity contribution in [2.45, 2.75) is 46.6 Å². The fourth-order valence-electron chi connectivity index (χ4n) is 3.77. The van der Waals surface area contributed by atoms with Gasteiger partial charge in [-0.1, -0.05) is 45.1 Å². The van der Waals surface area contributed by atoms with Gasteiger partial charge >= 0.3 is 0 Å². The van der Waals surface area contributed by atoms with Crippen molar-refractivity contribution in [3.8, 4) is 5.75 Å². The quantitative estimate of drug-likeness (QED) is 0.774. The molecule has 3 atom stereocenters. The standard InChI is InChI=1S/C20H29NO2/c1-14-9-8-12-20(3,4)19(14)17(22)13-15(2)21-16-10-6-7-11-18(16)23-5/h6-11,14-15,19,21H,12-13H2,1-5H3. The number of Topliss-reactive ketones (excluding diaryl/α,β-unsaturated/α-hetero) is 1. The van der Waals surface area contributed by atoms with E-state index in [0.717, 1.165) is 17.9 Å². The molecule has 3 nitrogen and oxygen atoms in total. The second-order valence-corrected chi connectivity index (χ2v) is 7.37. The molecule has 0 radical (unpaired) electrons. The van der Waals surface area contributed by atoms with E-state index in [1.807, 2.05) is 24.3 Å². The molecule has 3 heteroatoms. The summed E-state index contributed by atoms with van der Waals surface area (Å²) in [6.45, 7) is 8.61. The van der Waals surface area contributed by atoms with Gasteiger partial charge in [-0.3, -0.25) is 4.79 Å². The van der Waals surface area contributed by atoms with Gasteiger partial charge in [-0.05, 0) is 36.8 Å². The third-order valence-corrected chi connectivity index (χ3v) is 4.81. The lowest BCUT2D eigenvalue weighted by Crippen LogP contribution is -2.39. The van der Waals surface area contributed by atoms with Gasteiger partial charge in [0.1, 0.15) is 11.5 Å². The molecular weight excluding hydrogens is 286 g/mol. The van der Waals surface area contributed by atoms with E-state index in [9.17, 15) is 4.79 Å². The summed E-state index contributed by atoms with van der Waals surface area (Å²) in [6, 6.07) is 7.89. The van der Waals surface area contributed by atoms with Crippen LogP contribution in [0.15, 0.2) is 36.4 Å². The summed E-state index contributed by atoms with van der Waals surface area (Å²) < 4.78 is 5.36. The Hall–Kier alpha value is -1.77. The smallest absolute Gasteiger partial charge is 0.141 e. The zero-order valence-electron chi connectivity index (χ0n) is 14.9. The minimum Gasteiger partial charge on any atom is -0.495 e. The van der Waals surface area contributed by atoms with Crippen molar-refractivity contribution in [3.63, 3.8) is 0 Å². The minimum absolute atomic E-state index is 0.0371. The van der Waals surface area contributed by atoms with Crippen LogP contribution in [0, 0.1) is 17.3 Å². The molecule has 0 saturated heterocycles. The lowest BCUT2D eigenvalue weighted by atomic mass is 9.64. The van der Waals surface area contributed by atoms with E-state index in [-0.39, 0.29) is 17.4 Å². The molecule has 0 spiro atoms. The summed E-state index contributed by atoms with van der Waals surface area (Å²) >= 11 is 0. The molecule has 1 aliphatic rings. The molecule has 0 heterocycles. The molecule has 0 saturated carbocycles. The van der Waals surface area contributed by atoms with Crippen molar-refractivity contribution in [1.82, 2.24) is 0 Å². The Morgan fingerprint density at radius 3 is 2.74 bits per heavy atom. The number of methoxy groups -OCH3 is 1. The van der Waals surface area contributed by atoms with Gasteiger partial charge in [-0.2, -0.15) is 0 Å². The number of anilines is 1. The van der Waals surface area contributed by atoms with Crippen molar-refractivity contribution in [1.29, 1.82) is 0 Å².